The van der Waals surface area contributed by atoms with Gasteiger partial charge in [-0.15, -0.1) is 10.2 Å². The number of rotatable bonds is 16. The minimum Gasteiger partial charge on any atom is -0.474 e. The number of aliphatic hydroxyl groups excluding tert-OH is 2. The van der Waals surface area contributed by atoms with Gasteiger partial charge in [0.2, 0.25) is 11.8 Å². The SMILES string of the molecule is O=c1ccc(OCCOCCO)nn1CCCn1nc(OCCOCCO)ccc1=O. The number of hydrogen-bond acceptors (Lipinski definition) is 10. The predicted octanol–water partition coefficient (Wildman–Crippen LogP) is -1.33. The second-order valence-corrected chi connectivity index (χ2v) is 6.19. The number of aliphatic hydroxyl groups is 2. The zero-order chi connectivity index (χ0) is 22.3. The molecule has 172 valence electrons. The van der Waals surface area contributed by atoms with Gasteiger partial charge in [-0.1, -0.05) is 0 Å². The third-order valence-electron chi connectivity index (χ3n) is 3.85. The molecule has 0 bridgehead atoms. The molecule has 0 aromatic carbocycles. The first kappa shape index (κ1) is 24.5. The molecule has 2 N–H and O–H groups in total. The summed E-state index contributed by atoms with van der Waals surface area (Å²) in [5, 5.41) is 25.6. The molecule has 2 rings (SSSR count). The molecule has 0 amide bonds. The van der Waals surface area contributed by atoms with Crippen molar-refractivity contribution in [2.75, 3.05) is 52.9 Å². The molecule has 0 spiro atoms. The number of ether oxygens (including phenoxy) is 4. The van der Waals surface area contributed by atoms with Crippen LogP contribution in [0.25, 0.3) is 0 Å². The Morgan fingerprint density at radius 3 is 1.55 bits per heavy atom. The van der Waals surface area contributed by atoms with Crippen LogP contribution in [-0.2, 0) is 22.6 Å². The van der Waals surface area contributed by atoms with E-state index >= 15 is 0 Å². The maximum absolute atomic E-state index is 12.0. The van der Waals surface area contributed by atoms with Crippen molar-refractivity contribution < 1.29 is 29.2 Å². The average Bonchev–Trinajstić information content (AvgIpc) is 2.77. The fourth-order valence-corrected chi connectivity index (χ4v) is 2.45. The van der Waals surface area contributed by atoms with Crippen LogP contribution in [0, 0.1) is 0 Å². The van der Waals surface area contributed by atoms with Gasteiger partial charge in [0, 0.05) is 37.4 Å². The van der Waals surface area contributed by atoms with Crippen LogP contribution in [0.4, 0.5) is 0 Å². The highest BCUT2D eigenvalue weighted by Gasteiger charge is 2.05. The van der Waals surface area contributed by atoms with Crippen molar-refractivity contribution >= 4 is 0 Å². The van der Waals surface area contributed by atoms with Gasteiger partial charge in [0.05, 0.1) is 39.6 Å². The van der Waals surface area contributed by atoms with Crippen LogP contribution in [-0.4, -0.2) is 82.6 Å². The predicted molar refractivity (Wildman–Crippen MR) is 108 cm³/mol. The van der Waals surface area contributed by atoms with E-state index < -0.39 is 0 Å². The lowest BCUT2D eigenvalue weighted by atomic mass is 10.4. The van der Waals surface area contributed by atoms with Gasteiger partial charge in [-0.3, -0.25) is 9.59 Å². The minimum absolute atomic E-state index is 0.0604. The molecule has 0 radical (unpaired) electrons. The first-order valence-electron chi connectivity index (χ1n) is 9.93. The molecular weight excluding hydrogens is 412 g/mol. The van der Waals surface area contributed by atoms with E-state index in [9.17, 15) is 9.59 Å². The monoisotopic (exact) mass is 440 g/mol. The van der Waals surface area contributed by atoms with Gasteiger partial charge in [0.1, 0.15) is 13.2 Å². The normalized spacial score (nSPS) is 10.9. The van der Waals surface area contributed by atoms with E-state index in [2.05, 4.69) is 10.2 Å². The third kappa shape index (κ3) is 9.26. The highest BCUT2D eigenvalue weighted by atomic mass is 16.5. The fraction of sp³-hybridized carbons (Fsp3) is 0.579. The van der Waals surface area contributed by atoms with E-state index in [-0.39, 0.29) is 75.6 Å². The molecular formula is C19H28N4O8. The standard InChI is InChI=1S/C19H28N4O8/c24-8-10-28-12-14-30-16-2-4-18(26)22(20-16)6-1-7-23-19(27)5-3-17(21-23)31-15-13-29-11-9-25/h2-5,24-25H,1,6-15H2. The van der Waals surface area contributed by atoms with Crippen molar-refractivity contribution in [2.24, 2.45) is 0 Å². The van der Waals surface area contributed by atoms with Crippen LogP contribution in [0.3, 0.4) is 0 Å². The molecule has 2 aromatic rings. The molecule has 0 unspecified atom stereocenters. The van der Waals surface area contributed by atoms with Crippen LogP contribution in [0.2, 0.25) is 0 Å². The van der Waals surface area contributed by atoms with Crippen molar-refractivity contribution in [1.82, 2.24) is 19.6 Å². The van der Waals surface area contributed by atoms with Gasteiger partial charge < -0.3 is 29.2 Å². The van der Waals surface area contributed by atoms with E-state index in [1.54, 1.807) is 0 Å². The zero-order valence-corrected chi connectivity index (χ0v) is 17.2. The molecule has 0 atom stereocenters. The zero-order valence-electron chi connectivity index (χ0n) is 17.2. The Bertz CT molecular complexity index is 814. The lowest BCUT2D eigenvalue weighted by Gasteiger charge is -2.10. The smallest absolute Gasteiger partial charge is 0.266 e. The largest absolute Gasteiger partial charge is 0.474 e. The second kappa shape index (κ2) is 14.2. The summed E-state index contributed by atoms with van der Waals surface area (Å²) >= 11 is 0. The lowest BCUT2D eigenvalue weighted by molar-refractivity contribution is 0.0689. The minimum atomic E-state index is -0.288. The Kier molecular flexibility index (Phi) is 11.2. The molecule has 0 fully saturated rings. The lowest BCUT2D eigenvalue weighted by Crippen LogP contribution is -2.26. The van der Waals surface area contributed by atoms with Gasteiger partial charge >= 0.3 is 0 Å². The maximum Gasteiger partial charge on any atom is 0.266 e. The van der Waals surface area contributed by atoms with Gasteiger partial charge in [0.25, 0.3) is 11.1 Å². The molecule has 12 heteroatoms. The Morgan fingerprint density at radius 1 is 0.677 bits per heavy atom. The Balaban J connectivity index is 1.84. The molecule has 12 nitrogen and oxygen atoms in total. The van der Waals surface area contributed by atoms with Gasteiger partial charge in [-0.25, -0.2) is 9.36 Å². The van der Waals surface area contributed by atoms with Crippen LogP contribution in [0.5, 0.6) is 11.8 Å². The van der Waals surface area contributed by atoms with Crippen LogP contribution < -0.4 is 20.6 Å². The molecule has 0 saturated carbocycles. The van der Waals surface area contributed by atoms with E-state index in [0.29, 0.717) is 19.6 Å². The number of aromatic nitrogens is 4. The van der Waals surface area contributed by atoms with Crippen LogP contribution in [0.15, 0.2) is 33.9 Å². The molecule has 31 heavy (non-hydrogen) atoms. The number of hydrogen-bond donors (Lipinski definition) is 2. The van der Waals surface area contributed by atoms with Gasteiger partial charge in [0.15, 0.2) is 0 Å². The quantitative estimate of drug-likeness (QED) is 0.301. The summed E-state index contributed by atoms with van der Waals surface area (Å²) in [6, 6.07) is 5.66. The summed E-state index contributed by atoms with van der Waals surface area (Å²) < 4.78 is 23.6. The molecule has 0 aliphatic carbocycles. The summed E-state index contributed by atoms with van der Waals surface area (Å²) in [6.07, 6.45) is 0.436. The summed E-state index contributed by atoms with van der Waals surface area (Å²) in [7, 11) is 0. The second-order valence-electron chi connectivity index (χ2n) is 6.19. The van der Waals surface area contributed by atoms with E-state index in [1.807, 2.05) is 0 Å². The third-order valence-corrected chi connectivity index (χ3v) is 3.85. The molecule has 0 aliphatic rings. The van der Waals surface area contributed by atoms with Crippen molar-refractivity contribution in [3.63, 3.8) is 0 Å². The summed E-state index contributed by atoms with van der Waals surface area (Å²) in [4.78, 5) is 24.0. The summed E-state index contributed by atoms with van der Waals surface area (Å²) in [5.41, 5.74) is -0.576. The Hall–Kier alpha value is -2.80. The van der Waals surface area contributed by atoms with Crippen LogP contribution in [0.1, 0.15) is 6.42 Å². The van der Waals surface area contributed by atoms with E-state index in [0.717, 1.165) is 0 Å². The first-order valence-corrected chi connectivity index (χ1v) is 9.93. The highest BCUT2D eigenvalue weighted by Crippen LogP contribution is 2.04. The first-order chi connectivity index (χ1) is 15.1. The Labute approximate surface area is 178 Å². The Morgan fingerprint density at radius 2 is 1.13 bits per heavy atom. The van der Waals surface area contributed by atoms with Crippen molar-refractivity contribution in [1.29, 1.82) is 0 Å². The highest BCUT2D eigenvalue weighted by molar-refractivity contribution is 5.07. The average molecular weight is 440 g/mol. The van der Waals surface area contributed by atoms with Crippen molar-refractivity contribution in [3.8, 4) is 11.8 Å². The maximum atomic E-state index is 12.0. The molecule has 2 heterocycles. The molecule has 2 aromatic heterocycles. The van der Waals surface area contributed by atoms with Crippen molar-refractivity contribution in [2.45, 2.75) is 19.5 Å². The number of nitrogens with zero attached hydrogens (tertiary/aromatic N) is 4. The molecule has 0 saturated heterocycles. The molecule has 0 aliphatic heterocycles. The number of aryl methyl sites for hydroxylation is 2. The fourth-order valence-electron chi connectivity index (χ4n) is 2.45. The van der Waals surface area contributed by atoms with Crippen molar-refractivity contribution in [3.05, 3.63) is 45.0 Å². The van der Waals surface area contributed by atoms with E-state index in [4.69, 9.17) is 29.2 Å². The van der Waals surface area contributed by atoms with E-state index in [1.165, 1.54) is 33.6 Å². The van der Waals surface area contributed by atoms with Gasteiger partial charge in [-0.05, 0) is 6.42 Å². The van der Waals surface area contributed by atoms with Crippen LogP contribution >= 0.6 is 0 Å². The topological polar surface area (TPSA) is 147 Å². The summed E-state index contributed by atoms with van der Waals surface area (Å²) in [6.45, 7) is 1.94. The summed E-state index contributed by atoms with van der Waals surface area (Å²) in [5.74, 6) is 0.558. The van der Waals surface area contributed by atoms with Gasteiger partial charge in [-0.2, -0.15) is 0 Å².